The number of carbonyl (C=O) groups excluding carboxylic acids is 1. The third-order valence-electron chi connectivity index (χ3n) is 4.14. The monoisotopic (exact) mass is 366 g/mol. The van der Waals surface area contributed by atoms with Gasteiger partial charge in [-0.3, -0.25) is 14.2 Å². The molecule has 132 valence electrons. The number of para-hydroxylation sites is 1. The molecule has 26 heavy (non-hydrogen) atoms. The Labute approximate surface area is 154 Å². The predicted octanol–water partition coefficient (Wildman–Crippen LogP) is 3.23. The Morgan fingerprint density at radius 3 is 2.96 bits per heavy atom. The number of aryl methyl sites for hydroxylation is 3. The number of rotatable bonds is 5. The Morgan fingerprint density at radius 2 is 2.23 bits per heavy atom. The van der Waals surface area contributed by atoms with Crippen LogP contribution in [0.25, 0.3) is 10.9 Å². The van der Waals surface area contributed by atoms with E-state index in [4.69, 9.17) is 5.26 Å². The highest BCUT2D eigenvalue weighted by Crippen LogP contribution is 2.28. The van der Waals surface area contributed by atoms with E-state index in [1.807, 2.05) is 26.0 Å². The third-order valence-corrected chi connectivity index (χ3v) is 5.33. The van der Waals surface area contributed by atoms with Crippen LogP contribution in [0.5, 0.6) is 0 Å². The molecule has 1 N–H and O–H groups in total. The highest BCUT2D eigenvalue weighted by atomic mass is 32.1. The lowest BCUT2D eigenvalue weighted by molar-refractivity contribution is -0.116. The maximum Gasteiger partial charge on any atom is 0.261 e. The van der Waals surface area contributed by atoms with Crippen LogP contribution >= 0.6 is 11.3 Å². The Kier molecular flexibility index (Phi) is 5.14. The fourth-order valence-corrected chi connectivity index (χ4v) is 3.66. The number of aromatic nitrogens is 2. The zero-order valence-corrected chi connectivity index (χ0v) is 15.4. The summed E-state index contributed by atoms with van der Waals surface area (Å²) in [6.45, 7) is 4.14. The second-order valence-corrected chi connectivity index (χ2v) is 7.07. The first-order valence-corrected chi connectivity index (χ1v) is 9.12. The molecule has 0 bridgehead atoms. The highest BCUT2D eigenvalue weighted by molar-refractivity contribution is 7.16. The zero-order chi connectivity index (χ0) is 18.7. The zero-order valence-electron chi connectivity index (χ0n) is 14.6. The number of anilines is 1. The molecule has 1 amide bonds. The number of thiophene rings is 1. The first-order chi connectivity index (χ1) is 12.5. The summed E-state index contributed by atoms with van der Waals surface area (Å²) in [5, 5.41) is 13.0. The molecule has 0 saturated heterocycles. The van der Waals surface area contributed by atoms with Crippen LogP contribution in [0.15, 0.2) is 35.4 Å². The van der Waals surface area contributed by atoms with Crippen LogP contribution in [-0.4, -0.2) is 15.5 Å². The summed E-state index contributed by atoms with van der Waals surface area (Å²) in [4.78, 5) is 30.2. The lowest BCUT2D eigenvalue weighted by Crippen LogP contribution is -2.23. The smallest absolute Gasteiger partial charge is 0.261 e. The summed E-state index contributed by atoms with van der Waals surface area (Å²) >= 11 is 1.41. The van der Waals surface area contributed by atoms with E-state index in [9.17, 15) is 9.59 Å². The molecule has 0 atom stereocenters. The second-order valence-electron chi connectivity index (χ2n) is 5.93. The number of fused-ring (bicyclic) bond motifs is 1. The topological polar surface area (TPSA) is 87.8 Å². The van der Waals surface area contributed by atoms with E-state index >= 15 is 0 Å². The SMILES string of the molecule is CCc1cc(C#N)c(NC(=O)CCn2cnc3c(C)cccc3c2=O)s1. The molecule has 0 saturated carbocycles. The van der Waals surface area contributed by atoms with Crippen molar-refractivity contribution in [2.45, 2.75) is 33.2 Å². The Morgan fingerprint density at radius 1 is 1.42 bits per heavy atom. The van der Waals surface area contributed by atoms with Crippen molar-refractivity contribution in [1.82, 2.24) is 9.55 Å². The summed E-state index contributed by atoms with van der Waals surface area (Å²) in [5.74, 6) is -0.234. The number of nitrogens with one attached hydrogen (secondary N) is 1. The van der Waals surface area contributed by atoms with E-state index in [-0.39, 0.29) is 24.4 Å². The summed E-state index contributed by atoms with van der Waals surface area (Å²) in [6.07, 6.45) is 2.42. The van der Waals surface area contributed by atoms with Crippen LogP contribution in [0, 0.1) is 18.3 Å². The number of amides is 1. The van der Waals surface area contributed by atoms with Crippen molar-refractivity contribution in [3.63, 3.8) is 0 Å². The number of carbonyl (C=O) groups is 1. The van der Waals surface area contributed by atoms with Gasteiger partial charge in [0, 0.05) is 17.8 Å². The van der Waals surface area contributed by atoms with E-state index < -0.39 is 0 Å². The summed E-state index contributed by atoms with van der Waals surface area (Å²) in [7, 11) is 0. The van der Waals surface area contributed by atoms with Gasteiger partial charge in [-0.15, -0.1) is 11.3 Å². The highest BCUT2D eigenvalue weighted by Gasteiger charge is 2.12. The largest absolute Gasteiger partial charge is 0.317 e. The maximum absolute atomic E-state index is 12.5. The van der Waals surface area contributed by atoms with Gasteiger partial charge in [0.05, 0.1) is 22.8 Å². The van der Waals surface area contributed by atoms with E-state index in [0.717, 1.165) is 16.9 Å². The Hall–Kier alpha value is -2.98. The van der Waals surface area contributed by atoms with Crippen molar-refractivity contribution >= 4 is 33.1 Å². The van der Waals surface area contributed by atoms with E-state index in [0.29, 0.717) is 21.5 Å². The molecule has 2 heterocycles. The first-order valence-electron chi connectivity index (χ1n) is 8.31. The number of hydrogen-bond acceptors (Lipinski definition) is 5. The fraction of sp³-hybridized carbons (Fsp3) is 0.263. The van der Waals surface area contributed by atoms with Crippen molar-refractivity contribution in [3.8, 4) is 6.07 Å². The molecule has 6 nitrogen and oxygen atoms in total. The molecule has 0 spiro atoms. The summed E-state index contributed by atoms with van der Waals surface area (Å²) < 4.78 is 1.44. The van der Waals surface area contributed by atoms with Crippen molar-refractivity contribution in [2.24, 2.45) is 0 Å². The van der Waals surface area contributed by atoms with Gasteiger partial charge in [-0.2, -0.15) is 5.26 Å². The molecule has 1 aromatic carbocycles. The number of hydrogen-bond donors (Lipinski definition) is 1. The Balaban J connectivity index is 1.73. The standard InChI is InChI=1S/C19H18N4O2S/c1-3-14-9-13(10-20)18(26-14)22-16(24)7-8-23-11-21-17-12(2)5-4-6-15(17)19(23)25/h4-6,9,11H,3,7-8H2,1-2H3,(H,22,24). The van der Waals surface area contributed by atoms with Gasteiger partial charge in [0.1, 0.15) is 11.1 Å². The van der Waals surface area contributed by atoms with Gasteiger partial charge in [-0.1, -0.05) is 19.1 Å². The van der Waals surface area contributed by atoms with Gasteiger partial charge in [0.25, 0.3) is 5.56 Å². The minimum Gasteiger partial charge on any atom is -0.317 e. The molecule has 0 aliphatic heterocycles. The summed E-state index contributed by atoms with van der Waals surface area (Å²) in [5.41, 5.74) is 1.94. The van der Waals surface area contributed by atoms with Gasteiger partial charge in [0.15, 0.2) is 0 Å². The molecule has 0 aliphatic carbocycles. The van der Waals surface area contributed by atoms with Crippen molar-refractivity contribution in [3.05, 3.63) is 57.0 Å². The molecule has 7 heteroatoms. The average Bonchev–Trinajstić information content (AvgIpc) is 3.04. The van der Waals surface area contributed by atoms with Gasteiger partial charge < -0.3 is 5.32 Å². The molecule has 0 fully saturated rings. The molecular weight excluding hydrogens is 348 g/mol. The first kappa shape index (κ1) is 17.8. The number of nitrogens with zero attached hydrogens (tertiary/aromatic N) is 3. The van der Waals surface area contributed by atoms with Crippen molar-refractivity contribution in [1.29, 1.82) is 5.26 Å². The lowest BCUT2D eigenvalue weighted by atomic mass is 10.1. The second kappa shape index (κ2) is 7.50. The molecule has 0 aliphatic rings. The molecule has 0 unspecified atom stereocenters. The van der Waals surface area contributed by atoms with Gasteiger partial charge in [-0.25, -0.2) is 4.98 Å². The maximum atomic E-state index is 12.5. The predicted molar refractivity (Wildman–Crippen MR) is 102 cm³/mol. The van der Waals surface area contributed by atoms with E-state index in [1.54, 1.807) is 12.1 Å². The van der Waals surface area contributed by atoms with Gasteiger partial charge >= 0.3 is 0 Å². The lowest BCUT2D eigenvalue weighted by Gasteiger charge is -2.08. The van der Waals surface area contributed by atoms with E-state index in [1.165, 1.54) is 22.2 Å². The molecule has 0 radical (unpaired) electrons. The van der Waals surface area contributed by atoms with Crippen molar-refractivity contribution < 1.29 is 4.79 Å². The number of nitriles is 1. The minimum atomic E-state index is -0.234. The summed E-state index contributed by atoms with van der Waals surface area (Å²) in [6, 6.07) is 9.36. The molecule has 2 aromatic heterocycles. The van der Waals surface area contributed by atoms with Crippen LogP contribution in [0.3, 0.4) is 0 Å². The molecule has 3 aromatic rings. The Bertz CT molecular complexity index is 1080. The normalized spacial score (nSPS) is 10.7. The van der Waals surface area contributed by atoms with Crippen LogP contribution in [0.4, 0.5) is 5.00 Å². The third kappa shape index (κ3) is 3.51. The van der Waals surface area contributed by atoms with Crippen LogP contribution < -0.4 is 10.9 Å². The molecule has 3 rings (SSSR count). The quantitative estimate of drug-likeness (QED) is 0.751. The van der Waals surface area contributed by atoms with Crippen LogP contribution in [-0.2, 0) is 17.8 Å². The minimum absolute atomic E-state index is 0.128. The van der Waals surface area contributed by atoms with Gasteiger partial charge in [0.2, 0.25) is 5.91 Å². The van der Waals surface area contributed by atoms with Gasteiger partial charge in [-0.05, 0) is 31.0 Å². The number of benzene rings is 1. The van der Waals surface area contributed by atoms with Crippen molar-refractivity contribution in [2.75, 3.05) is 5.32 Å². The molecular formula is C19H18N4O2S. The van der Waals surface area contributed by atoms with Crippen LogP contribution in [0.2, 0.25) is 0 Å². The van der Waals surface area contributed by atoms with E-state index in [2.05, 4.69) is 16.4 Å². The fourth-order valence-electron chi connectivity index (χ4n) is 2.70. The average molecular weight is 366 g/mol. The van der Waals surface area contributed by atoms with Crippen LogP contribution in [0.1, 0.15) is 29.3 Å².